The molecular formula is C21H17N3O2. The summed E-state index contributed by atoms with van der Waals surface area (Å²) < 4.78 is 5.46. The van der Waals surface area contributed by atoms with Crippen LogP contribution in [0.1, 0.15) is 15.9 Å². The van der Waals surface area contributed by atoms with Crippen LogP contribution in [0.5, 0.6) is 0 Å². The van der Waals surface area contributed by atoms with E-state index in [4.69, 9.17) is 4.42 Å². The monoisotopic (exact) mass is 343 g/mol. The molecule has 1 amide bonds. The molecule has 5 nitrogen and oxygen atoms in total. The van der Waals surface area contributed by atoms with Crippen molar-refractivity contribution in [3.8, 4) is 11.5 Å². The SMILES string of the molecule is CN(Cc1cccnc1)C(=O)c1cc(-c2ccco2)nc2ccccc12. The van der Waals surface area contributed by atoms with Crippen LogP contribution in [0.25, 0.3) is 22.4 Å². The van der Waals surface area contributed by atoms with Gasteiger partial charge in [-0.3, -0.25) is 9.78 Å². The van der Waals surface area contributed by atoms with Gasteiger partial charge in [0.05, 0.1) is 17.3 Å². The molecule has 0 aliphatic rings. The first-order chi connectivity index (χ1) is 12.7. The number of amides is 1. The number of rotatable bonds is 4. The Labute approximate surface area is 150 Å². The smallest absolute Gasteiger partial charge is 0.254 e. The second kappa shape index (κ2) is 6.80. The van der Waals surface area contributed by atoms with Crippen LogP contribution in [0.15, 0.2) is 77.7 Å². The summed E-state index contributed by atoms with van der Waals surface area (Å²) in [5.41, 5.74) is 2.99. The van der Waals surface area contributed by atoms with E-state index in [1.165, 1.54) is 0 Å². The molecule has 4 aromatic rings. The molecule has 0 aliphatic carbocycles. The van der Waals surface area contributed by atoms with Gasteiger partial charge in [0.15, 0.2) is 5.76 Å². The predicted octanol–water partition coefficient (Wildman–Crippen LogP) is 4.16. The number of carbonyl (C=O) groups is 1. The standard InChI is InChI=1S/C21H17N3O2/c1-24(14-15-6-4-10-22-13-15)21(25)17-12-19(20-9-5-11-26-20)23-18-8-3-2-7-16(17)18/h2-13H,14H2,1H3. The van der Waals surface area contributed by atoms with Gasteiger partial charge in [-0.2, -0.15) is 0 Å². The predicted molar refractivity (Wildman–Crippen MR) is 99.5 cm³/mol. The van der Waals surface area contributed by atoms with Crippen molar-refractivity contribution in [1.82, 2.24) is 14.9 Å². The maximum atomic E-state index is 13.1. The lowest BCUT2D eigenvalue weighted by Crippen LogP contribution is -2.26. The highest BCUT2D eigenvalue weighted by Gasteiger charge is 2.18. The molecule has 0 fully saturated rings. The van der Waals surface area contributed by atoms with Crippen LogP contribution in [-0.4, -0.2) is 27.8 Å². The number of furan rings is 1. The third kappa shape index (κ3) is 3.07. The molecular weight excluding hydrogens is 326 g/mol. The van der Waals surface area contributed by atoms with Gasteiger partial charge in [-0.25, -0.2) is 4.98 Å². The number of hydrogen-bond donors (Lipinski definition) is 0. The fourth-order valence-corrected chi connectivity index (χ4v) is 2.95. The van der Waals surface area contributed by atoms with E-state index < -0.39 is 0 Å². The highest BCUT2D eigenvalue weighted by Crippen LogP contribution is 2.26. The zero-order chi connectivity index (χ0) is 17.9. The van der Waals surface area contributed by atoms with Crippen LogP contribution < -0.4 is 0 Å². The molecule has 3 aromatic heterocycles. The largest absolute Gasteiger partial charge is 0.463 e. The van der Waals surface area contributed by atoms with Crippen molar-refractivity contribution in [2.75, 3.05) is 7.05 Å². The Bertz CT molecular complexity index is 1040. The van der Waals surface area contributed by atoms with E-state index >= 15 is 0 Å². The fourth-order valence-electron chi connectivity index (χ4n) is 2.95. The van der Waals surface area contributed by atoms with Gasteiger partial charge in [-0.05, 0) is 35.9 Å². The Hall–Kier alpha value is -3.47. The van der Waals surface area contributed by atoms with Crippen LogP contribution in [0, 0.1) is 0 Å². The summed E-state index contributed by atoms with van der Waals surface area (Å²) in [5, 5.41) is 0.825. The van der Waals surface area contributed by atoms with Crippen molar-refractivity contribution in [3.63, 3.8) is 0 Å². The van der Waals surface area contributed by atoms with Gasteiger partial charge in [0.25, 0.3) is 5.91 Å². The van der Waals surface area contributed by atoms with E-state index in [1.807, 2.05) is 48.5 Å². The molecule has 0 N–H and O–H groups in total. The summed E-state index contributed by atoms with van der Waals surface area (Å²) in [5.74, 6) is 0.569. The Kier molecular flexibility index (Phi) is 4.19. The van der Waals surface area contributed by atoms with E-state index in [0.717, 1.165) is 16.5 Å². The summed E-state index contributed by atoms with van der Waals surface area (Å²) in [6, 6.07) is 16.9. The van der Waals surface area contributed by atoms with E-state index in [1.54, 1.807) is 36.7 Å². The normalized spacial score (nSPS) is 10.8. The van der Waals surface area contributed by atoms with E-state index in [0.29, 0.717) is 23.6 Å². The quantitative estimate of drug-likeness (QED) is 0.558. The van der Waals surface area contributed by atoms with Crippen LogP contribution in [0.2, 0.25) is 0 Å². The molecule has 3 heterocycles. The van der Waals surface area contributed by atoms with Gasteiger partial charge < -0.3 is 9.32 Å². The van der Waals surface area contributed by atoms with Crippen LogP contribution in [-0.2, 0) is 6.54 Å². The van der Waals surface area contributed by atoms with E-state index in [9.17, 15) is 4.79 Å². The van der Waals surface area contributed by atoms with Gasteiger partial charge >= 0.3 is 0 Å². The number of pyridine rings is 2. The Balaban J connectivity index is 1.75. The fraction of sp³-hybridized carbons (Fsp3) is 0.0952. The van der Waals surface area contributed by atoms with Crippen molar-refractivity contribution in [2.24, 2.45) is 0 Å². The molecule has 0 radical (unpaired) electrons. The summed E-state index contributed by atoms with van der Waals surface area (Å²) in [4.78, 5) is 23.6. The van der Waals surface area contributed by atoms with Gasteiger partial charge in [-0.15, -0.1) is 0 Å². The van der Waals surface area contributed by atoms with Crippen molar-refractivity contribution < 1.29 is 9.21 Å². The zero-order valence-corrected chi connectivity index (χ0v) is 14.3. The summed E-state index contributed by atoms with van der Waals surface area (Å²) in [6.45, 7) is 0.486. The average Bonchev–Trinajstić information content (AvgIpc) is 3.22. The highest BCUT2D eigenvalue weighted by atomic mass is 16.3. The molecule has 128 valence electrons. The van der Waals surface area contributed by atoms with Crippen LogP contribution in [0.4, 0.5) is 0 Å². The van der Waals surface area contributed by atoms with Crippen molar-refractivity contribution in [3.05, 3.63) is 84.4 Å². The van der Waals surface area contributed by atoms with Gasteiger partial charge in [0, 0.05) is 31.4 Å². The number of fused-ring (bicyclic) bond motifs is 1. The Morgan fingerprint density at radius 1 is 1.12 bits per heavy atom. The zero-order valence-electron chi connectivity index (χ0n) is 14.3. The number of para-hydroxylation sites is 1. The minimum Gasteiger partial charge on any atom is -0.463 e. The minimum atomic E-state index is -0.0692. The molecule has 0 saturated carbocycles. The van der Waals surface area contributed by atoms with Gasteiger partial charge in [0.1, 0.15) is 5.69 Å². The van der Waals surface area contributed by atoms with Crippen molar-refractivity contribution in [2.45, 2.75) is 6.54 Å². The first kappa shape index (κ1) is 16.0. The summed E-state index contributed by atoms with van der Waals surface area (Å²) in [6.07, 6.45) is 5.09. The molecule has 5 heteroatoms. The molecule has 0 spiro atoms. The Morgan fingerprint density at radius 2 is 2.00 bits per heavy atom. The third-order valence-corrected chi connectivity index (χ3v) is 4.21. The van der Waals surface area contributed by atoms with E-state index in [-0.39, 0.29) is 5.91 Å². The second-order valence-corrected chi connectivity index (χ2v) is 6.07. The molecule has 0 bridgehead atoms. The lowest BCUT2D eigenvalue weighted by atomic mass is 10.1. The molecule has 0 aliphatic heterocycles. The summed E-state index contributed by atoms with van der Waals surface area (Å²) >= 11 is 0. The maximum Gasteiger partial charge on any atom is 0.254 e. The third-order valence-electron chi connectivity index (χ3n) is 4.21. The molecule has 26 heavy (non-hydrogen) atoms. The summed E-state index contributed by atoms with van der Waals surface area (Å²) in [7, 11) is 1.79. The molecule has 1 aromatic carbocycles. The lowest BCUT2D eigenvalue weighted by molar-refractivity contribution is 0.0787. The lowest BCUT2D eigenvalue weighted by Gasteiger charge is -2.18. The number of aromatic nitrogens is 2. The highest BCUT2D eigenvalue weighted by molar-refractivity contribution is 6.07. The second-order valence-electron chi connectivity index (χ2n) is 6.07. The molecule has 0 unspecified atom stereocenters. The first-order valence-electron chi connectivity index (χ1n) is 8.30. The number of carbonyl (C=O) groups excluding carboxylic acids is 1. The Morgan fingerprint density at radius 3 is 2.77 bits per heavy atom. The van der Waals surface area contributed by atoms with E-state index in [2.05, 4.69) is 9.97 Å². The number of benzene rings is 1. The van der Waals surface area contributed by atoms with Crippen molar-refractivity contribution >= 4 is 16.8 Å². The maximum absolute atomic E-state index is 13.1. The van der Waals surface area contributed by atoms with Crippen LogP contribution in [0.3, 0.4) is 0 Å². The van der Waals surface area contributed by atoms with Crippen LogP contribution >= 0.6 is 0 Å². The average molecular weight is 343 g/mol. The van der Waals surface area contributed by atoms with Gasteiger partial charge in [0.2, 0.25) is 0 Å². The van der Waals surface area contributed by atoms with Gasteiger partial charge in [-0.1, -0.05) is 24.3 Å². The van der Waals surface area contributed by atoms with Crippen molar-refractivity contribution in [1.29, 1.82) is 0 Å². The first-order valence-corrected chi connectivity index (χ1v) is 8.30. The number of nitrogens with zero attached hydrogens (tertiary/aromatic N) is 3. The molecule has 4 rings (SSSR count). The molecule has 0 saturated heterocycles. The molecule has 0 atom stereocenters. The number of hydrogen-bond acceptors (Lipinski definition) is 4. The minimum absolute atomic E-state index is 0.0692. The topological polar surface area (TPSA) is 59.2 Å².